The molecule has 1 saturated carbocycles. The van der Waals surface area contributed by atoms with Gasteiger partial charge in [0.1, 0.15) is 5.75 Å². The Kier molecular flexibility index (Phi) is 5.38. The van der Waals surface area contributed by atoms with Crippen LogP contribution in [0.15, 0.2) is 24.3 Å². The first-order valence-corrected chi connectivity index (χ1v) is 9.02. The van der Waals surface area contributed by atoms with Crippen LogP contribution in [0.25, 0.3) is 0 Å². The fraction of sp³-hybridized carbons (Fsp3) is 0.579. The zero-order chi connectivity index (χ0) is 16.9. The molecular weight excluding hydrogens is 304 g/mol. The largest absolute Gasteiger partial charge is 0.508 e. The van der Waals surface area contributed by atoms with Gasteiger partial charge in [-0.05, 0) is 43.9 Å². The van der Waals surface area contributed by atoms with Crippen LogP contribution in [0.3, 0.4) is 0 Å². The summed E-state index contributed by atoms with van der Waals surface area (Å²) in [7, 11) is 0. The van der Waals surface area contributed by atoms with E-state index in [1.807, 2.05) is 4.90 Å². The van der Waals surface area contributed by atoms with Crippen molar-refractivity contribution in [2.75, 3.05) is 13.1 Å². The molecule has 5 heteroatoms. The molecule has 3 rings (SSSR count). The molecule has 24 heavy (non-hydrogen) atoms. The first kappa shape index (κ1) is 16.8. The molecule has 130 valence electrons. The molecule has 0 bridgehead atoms. The number of aromatic hydroxyl groups is 1. The quantitative estimate of drug-likeness (QED) is 0.895. The Balaban J connectivity index is 1.48. The van der Waals surface area contributed by atoms with Crippen molar-refractivity contribution >= 4 is 11.8 Å². The highest BCUT2D eigenvalue weighted by Gasteiger charge is 2.29. The lowest BCUT2D eigenvalue weighted by Gasteiger charge is -2.35. The van der Waals surface area contributed by atoms with Crippen LogP contribution in [0.4, 0.5) is 0 Å². The van der Waals surface area contributed by atoms with E-state index in [9.17, 15) is 14.7 Å². The van der Waals surface area contributed by atoms with Gasteiger partial charge >= 0.3 is 0 Å². The van der Waals surface area contributed by atoms with E-state index in [4.69, 9.17) is 0 Å². The van der Waals surface area contributed by atoms with Crippen molar-refractivity contribution in [1.29, 1.82) is 0 Å². The lowest BCUT2D eigenvalue weighted by atomic mass is 9.87. The zero-order valence-electron chi connectivity index (χ0n) is 14.0. The van der Waals surface area contributed by atoms with E-state index < -0.39 is 0 Å². The molecule has 1 aromatic rings. The first-order valence-electron chi connectivity index (χ1n) is 9.02. The second-order valence-electron chi connectivity index (χ2n) is 6.96. The van der Waals surface area contributed by atoms with Crippen LogP contribution in [0.5, 0.6) is 5.75 Å². The molecule has 2 fully saturated rings. The maximum atomic E-state index is 12.6. The van der Waals surface area contributed by atoms with Crippen molar-refractivity contribution in [2.45, 2.75) is 51.0 Å². The van der Waals surface area contributed by atoms with E-state index in [0.717, 1.165) is 38.8 Å². The third kappa shape index (κ3) is 4.08. The Morgan fingerprint density at radius 3 is 2.42 bits per heavy atom. The van der Waals surface area contributed by atoms with Gasteiger partial charge in [-0.15, -0.1) is 0 Å². The van der Waals surface area contributed by atoms with Gasteiger partial charge in [-0.3, -0.25) is 9.59 Å². The summed E-state index contributed by atoms with van der Waals surface area (Å²) in [6.45, 7) is 1.45. The summed E-state index contributed by atoms with van der Waals surface area (Å²) in [5, 5.41) is 12.5. The molecule has 0 unspecified atom stereocenters. The molecule has 1 aliphatic heterocycles. The maximum Gasteiger partial charge on any atom is 0.251 e. The molecular formula is C19H26N2O3. The fourth-order valence-electron chi connectivity index (χ4n) is 3.77. The number of likely N-dealkylation sites (tertiary alicyclic amines) is 1. The highest BCUT2D eigenvalue weighted by molar-refractivity contribution is 5.94. The molecule has 1 aromatic carbocycles. The minimum atomic E-state index is -0.164. The Morgan fingerprint density at radius 1 is 1.04 bits per heavy atom. The smallest absolute Gasteiger partial charge is 0.251 e. The molecule has 2 aliphatic rings. The molecule has 1 aliphatic carbocycles. The van der Waals surface area contributed by atoms with Crippen LogP contribution in [-0.4, -0.2) is 41.0 Å². The van der Waals surface area contributed by atoms with Gasteiger partial charge in [-0.2, -0.15) is 0 Å². The van der Waals surface area contributed by atoms with E-state index in [1.165, 1.54) is 25.3 Å². The van der Waals surface area contributed by atoms with Gasteiger partial charge in [0, 0.05) is 30.6 Å². The highest BCUT2D eigenvalue weighted by Crippen LogP contribution is 2.26. The number of piperidine rings is 1. The van der Waals surface area contributed by atoms with Gasteiger partial charge < -0.3 is 15.3 Å². The topological polar surface area (TPSA) is 69.6 Å². The SMILES string of the molecule is O=C(NC1CCN(C(=O)C2CCCCC2)CC1)c1cccc(O)c1. The Labute approximate surface area is 143 Å². The number of carbonyl (C=O) groups is 2. The highest BCUT2D eigenvalue weighted by atomic mass is 16.3. The van der Waals surface area contributed by atoms with Gasteiger partial charge in [0.15, 0.2) is 0 Å². The molecule has 1 heterocycles. The summed E-state index contributed by atoms with van der Waals surface area (Å²) in [6.07, 6.45) is 7.26. The number of hydrogen-bond donors (Lipinski definition) is 2. The third-order valence-corrected chi connectivity index (χ3v) is 5.20. The Hall–Kier alpha value is -2.04. The summed E-state index contributed by atoms with van der Waals surface area (Å²) in [5.41, 5.74) is 0.468. The fourth-order valence-corrected chi connectivity index (χ4v) is 3.77. The van der Waals surface area contributed by atoms with Gasteiger partial charge in [-0.1, -0.05) is 25.3 Å². The average molecular weight is 330 g/mol. The number of carbonyl (C=O) groups excluding carboxylic acids is 2. The number of nitrogens with one attached hydrogen (secondary N) is 1. The monoisotopic (exact) mass is 330 g/mol. The number of phenolic OH excluding ortho intramolecular Hbond substituents is 1. The van der Waals surface area contributed by atoms with Crippen molar-refractivity contribution in [3.63, 3.8) is 0 Å². The van der Waals surface area contributed by atoms with Gasteiger partial charge in [0.2, 0.25) is 5.91 Å². The van der Waals surface area contributed by atoms with Crippen LogP contribution < -0.4 is 5.32 Å². The van der Waals surface area contributed by atoms with Crippen LogP contribution in [0.2, 0.25) is 0 Å². The number of benzene rings is 1. The lowest BCUT2D eigenvalue weighted by molar-refractivity contribution is -0.137. The van der Waals surface area contributed by atoms with Gasteiger partial charge in [-0.25, -0.2) is 0 Å². The molecule has 2 amide bonds. The van der Waals surface area contributed by atoms with Crippen LogP contribution >= 0.6 is 0 Å². The van der Waals surface area contributed by atoms with Gasteiger partial charge in [0.05, 0.1) is 0 Å². The Morgan fingerprint density at radius 2 is 1.75 bits per heavy atom. The Bertz CT molecular complexity index is 588. The van der Waals surface area contributed by atoms with Crippen molar-refractivity contribution in [1.82, 2.24) is 10.2 Å². The van der Waals surface area contributed by atoms with Crippen molar-refractivity contribution < 1.29 is 14.7 Å². The second kappa shape index (κ2) is 7.69. The summed E-state index contributed by atoms with van der Waals surface area (Å²) in [5.74, 6) is 0.461. The van der Waals surface area contributed by atoms with Crippen LogP contribution in [-0.2, 0) is 4.79 Å². The molecule has 0 spiro atoms. The van der Waals surface area contributed by atoms with E-state index in [2.05, 4.69) is 5.32 Å². The van der Waals surface area contributed by atoms with E-state index in [-0.39, 0.29) is 23.6 Å². The summed E-state index contributed by atoms with van der Waals surface area (Å²) < 4.78 is 0. The standard InChI is InChI=1S/C19H26N2O3/c22-17-8-4-7-15(13-17)18(23)20-16-9-11-21(12-10-16)19(24)14-5-2-1-3-6-14/h4,7-8,13-14,16,22H,1-3,5-6,9-12H2,(H,20,23). The number of hydrogen-bond acceptors (Lipinski definition) is 3. The molecule has 2 N–H and O–H groups in total. The number of amides is 2. The predicted molar refractivity (Wildman–Crippen MR) is 91.8 cm³/mol. The molecule has 1 saturated heterocycles. The number of nitrogens with zero attached hydrogens (tertiary/aromatic N) is 1. The molecule has 0 radical (unpaired) electrons. The second-order valence-corrected chi connectivity index (χ2v) is 6.96. The van der Waals surface area contributed by atoms with Crippen LogP contribution in [0, 0.1) is 5.92 Å². The molecule has 0 aromatic heterocycles. The number of rotatable bonds is 3. The van der Waals surface area contributed by atoms with E-state index in [1.54, 1.807) is 18.2 Å². The summed E-state index contributed by atoms with van der Waals surface area (Å²) in [4.78, 5) is 26.8. The molecule has 0 atom stereocenters. The molecule has 5 nitrogen and oxygen atoms in total. The summed E-state index contributed by atoms with van der Waals surface area (Å²) in [6, 6.07) is 6.46. The lowest BCUT2D eigenvalue weighted by Crippen LogP contribution is -2.48. The normalized spacial score (nSPS) is 19.9. The number of phenols is 1. The van der Waals surface area contributed by atoms with Crippen molar-refractivity contribution in [3.05, 3.63) is 29.8 Å². The summed E-state index contributed by atoms with van der Waals surface area (Å²) >= 11 is 0. The maximum absolute atomic E-state index is 12.6. The van der Waals surface area contributed by atoms with Crippen molar-refractivity contribution in [3.8, 4) is 5.75 Å². The van der Waals surface area contributed by atoms with Gasteiger partial charge in [0.25, 0.3) is 5.91 Å². The minimum Gasteiger partial charge on any atom is -0.508 e. The average Bonchev–Trinajstić information content (AvgIpc) is 2.62. The van der Waals surface area contributed by atoms with E-state index in [0.29, 0.717) is 11.5 Å². The first-order chi connectivity index (χ1) is 11.6. The minimum absolute atomic E-state index is 0.0928. The van der Waals surface area contributed by atoms with E-state index >= 15 is 0 Å². The van der Waals surface area contributed by atoms with Crippen LogP contribution in [0.1, 0.15) is 55.3 Å². The third-order valence-electron chi connectivity index (χ3n) is 5.20. The zero-order valence-corrected chi connectivity index (χ0v) is 14.0. The van der Waals surface area contributed by atoms with Crippen molar-refractivity contribution in [2.24, 2.45) is 5.92 Å². The predicted octanol–water partition coefficient (Wildman–Crippen LogP) is 2.69.